The van der Waals surface area contributed by atoms with Crippen molar-refractivity contribution in [3.8, 4) is 5.75 Å². The molecule has 6 nitrogen and oxygen atoms in total. The summed E-state index contributed by atoms with van der Waals surface area (Å²) in [5.41, 5.74) is 1.46. The lowest BCUT2D eigenvalue weighted by molar-refractivity contribution is 0.0933. The zero-order chi connectivity index (χ0) is 18.0. The van der Waals surface area contributed by atoms with Crippen LogP contribution in [0.25, 0.3) is 0 Å². The van der Waals surface area contributed by atoms with Gasteiger partial charge in [-0.15, -0.1) is 0 Å². The standard InChI is InChI=1S/C18H19BrN4O2/c1-22-8-7-20-17(22)16(12-5-4-6-14(9-12)25-3)21-18(24)15-10-13(19)11-23(15)2/h4-11,16H,1-3H3,(H,21,24). The van der Waals surface area contributed by atoms with Crippen molar-refractivity contribution in [2.45, 2.75) is 6.04 Å². The zero-order valence-electron chi connectivity index (χ0n) is 14.2. The molecule has 1 amide bonds. The van der Waals surface area contributed by atoms with Gasteiger partial charge in [-0.3, -0.25) is 4.79 Å². The van der Waals surface area contributed by atoms with Crippen LogP contribution in [0.1, 0.15) is 27.9 Å². The van der Waals surface area contributed by atoms with E-state index >= 15 is 0 Å². The summed E-state index contributed by atoms with van der Waals surface area (Å²) in [5, 5.41) is 3.08. The molecule has 2 heterocycles. The molecule has 1 atom stereocenters. The first-order valence-corrected chi connectivity index (χ1v) is 8.53. The van der Waals surface area contributed by atoms with Crippen LogP contribution < -0.4 is 10.1 Å². The molecule has 0 radical (unpaired) electrons. The van der Waals surface area contributed by atoms with Gasteiger partial charge in [0.25, 0.3) is 5.91 Å². The maximum Gasteiger partial charge on any atom is 0.268 e. The van der Waals surface area contributed by atoms with Crippen LogP contribution in [-0.2, 0) is 14.1 Å². The number of carbonyl (C=O) groups excluding carboxylic acids is 1. The second-order valence-corrected chi connectivity index (χ2v) is 6.65. The predicted octanol–water partition coefficient (Wildman–Crippen LogP) is 3.05. The van der Waals surface area contributed by atoms with Crippen LogP contribution in [-0.4, -0.2) is 27.1 Å². The van der Waals surface area contributed by atoms with Gasteiger partial charge in [0.1, 0.15) is 23.3 Å². The van der Waals surface area contributed by atoms with Crippen LogP contribution in [0.15, 0.2) is 53.4 Å². The fraction of sp³-hybridized carbons (Fsp3) is 0.222. The molecule has 0 bridgehead atoms. The van der Waals surface area contributed by atoms with Crippen molar-refractivity contribution < 1.29 is 9.53 Å². The third kappa shape index (κ3) is 3.61. The predicted molar refractivity (Wildman–Crippen MR) is 98.6 cm³/mol. The smallest absolute Gasteiger partial charge is 0.268 e. The Labute approximate surface area is 154 Å². The van der Waals surface area contributed by atoms with Crippen molar-refractivity contribution >= 4 is 21.8 Å². The minimum atomic E-state index is -0.392. The number of aromatic nitrogens is 3. The molecule has 130 valence electrons. The summed E-state index contributed by atoms with van der Waals surface area (Å²) >= 11 is 3.40. The maximum atomic E-state index is 12.8. The van der Waals surface area contributed by atoms with E-state index in [1.54, 1.807) is 23.9 Å². The molecule has 0 saturated heterocycles. The van der Waals surface area contributed by atoms with Crippen molar-refractivity contribution in [2.75, 3.05) is 7.11 Å². The van der Waals surface area contributed by atoms with Crippen LogP contribution in [0.4, 0.5) is 0 Å². The number of nitrogens with zero attached hydrogens (tertiary/aromatic N) is 3. The van der Waals surface area contributed by atoms with Gasteiger partial charge >= 0.3 is 0 Å². The summed E-state index contributed by atoms with van der Waals surface area (Å²) in [6.07, 6.45) is 5.41. The number of nitrogens with one attached hydrogen (secondary N) is 1. The lowest BCUT2D eigenvalue weighted by Crippen LogP contribution is -2.32. The van der Waals surface area contributed by atoms with Gasteiger partial charge in [0.15, 0.2) is 0 Å². The second-order valence-electron chi connectivity index (χ2n) is 5.73. The number of rotatable bonds is 5. The normalized spacial score (nSPS) is 12.0. The van der Waals surface area contributed by atoms with E-state index in [9.17, 15) is 4.79 Å². The van der Waals surface area contributed by atoms with Crippen LogP contribution in [0.5, 0.6) is 5.75 Å². The average Bonchev–Trinajstić information content (AvgIpc) is 3.17. The van der Waals surface area contributed by atoms with Crippen LogP contribution >= 0.6 is 15.9 Å². The molecule has 3 rings (SSSR count). The van der Waals surface area contributed by atoms with Crippen molar-refractivity contribution in [2.24, 2.45) is 14.1 Å². The fourth-order valence-corrected chi connectivity index (χ4v) is 3.25. The molecule has 0 saturated carbocycles. The molecule has 25 heavy (non-hydrogen) atoms. The molecule has 0 aliphatic heterocycles. The van der Waals surface area contributed by atoms with Gasteiger partial charge in [-0.2, -0.15) is 0 Å². The van der Waals surface area contributed by atoms with Crippen LogP contribution in [0, 0.1) is 0 Å². The molecule has 0 spiro atoms. The second kappa shape index (κ2) is 7.14. The van der Waals surface area contributed by atoms with E-state index in [1.807, 2.05) is 55.3 Å². The van der Waals surface area contributed by atoms with Crippen molar-refractivity contribution in [1.29, 1.82) is 0 Å². The number of halogens is 1. The van der Waals surface area contributed by atoms with Crippen LogP contribution in [0.2, 0.25) is 0 Å². The molecule has 1 unspecified atom stereocenters. The third-order valence-corrected chi connectivity index (χ3v) is 4.46. The Morgan fingerprint density at radius 3 is 2.68 bits per heavy atom. The lowest BCUT2D eigenvalue weighted by atomic mass is 10.1. The number of carbonyl (C=O) groups is 1. The van der Waals surface area contributed by atoms with E-state index < -0.39 is 6.04 Å². The van der Waals surface area contributed by atoms with Gasteiger partial charge in [0.2, 0.25) is 0 Å². The Morgan fingerprint density at radius 1 is 1.28 bits per heavy atom. The first-order valence-electron chi connectivity index (χ1n) is 7.73. The largest absolute Gasteiger partial charge is 0.497 e. The van der Waals surface area contributed by atoms with Gasteiger partial charge in [0, 0.05) is 37.2 Å². The SMILES string of the molecule is COc1cccc(C(NC(=O)c2cc(Br)cn2C)c2nccn2C)c1. The van der Waals surface area contributed by atoms with Gasteiger partial charge in [-0.1, -0.05) is 12.1 Å². The Bertz CT molecular complexity index is 900. The van der Waals surface area contributed by atoms with E-state index in [0.717, 1.165) is 21.6 Å². The monoisotopic (exact) mass is 402 g/mol. The summed E-state index contributed by atoms with van der Waals surface area (Å²) in [6, 6.07) is 9.01. The molecule has 0 aliphatic carbocycles. The Balaban J connectivity index is 1.98. The molecule has 0 aliphatic rings. The molecule has 3 aromatic rings. The van der Waals surface area contributed by atoms with Gasteiger partial charge in [-0.25, -0.2) is 4.98 Å². The van der Waals surface area contributed by atoms with Crippen molar-refractivity contribution in [3.63, 3.8) is 0 Å². The first kappa shape index (κ1) is 17.3. The molecular formula is C18H19BrN4O2. The quantitative estimate of drug-likeness (QED) is 0.713. The topological polar surface area (TPSA) is 61.1 Å². The molecular weight excluding hydrogens is 384 g/mol. The number of ether oxygens (including phenoxy) is 1. The van der Waals surface area contributed by atoms with Crippen LogP contribution in [0.3, 0.4) is 0 Å². The van der Waals surface area contributed by atoms with E-state index in [4.69, 9.17) is 4.74 Å². The number of hydrogen-bond donors (Lipinski definition) is 1. The average molecular weight is 403 g/mol. The third-order valence-electron chi connectivity index (χ3n) is 4.02. The number of methoxy groups -OCH3 is 1. The molecule has 1 N–H and O–H groups in total. The van der Waals surface area contributed by atoms with E-state index in [1.165, 1.54) is 0 Å². The van der Waals surface area contributed by atoms with Gasteiger partial charge in [-0.05, 0) is 39.7 Å². The Kier molecular flexibility index (Phi) is 4.94. The minimum Gasteiger partial charge on any atom is -0.497 e. The molecule has 0 fully saturated rings. The molecule has 7 heteroatoms. The molecule has 2 aromatic heterocycles. The highest BCUT2D eigenvalue weighted by atomic mass is 79.9. The van der Waals surface area contributed by atoms with Gasteiger partial charge in [0.05, 0.1) is 7.11 Å². The Hall–Kier alpha value is -2.54. The number of aryl methyl sites for hydroxylation is 2. The van der Waals surface area contributed by atoms with E-state index in [2.05, 4.69) is 26.2 Å². The lowest BCUT2D eigenvalue weighted by Gasteiger charge is -2.20. The number of imidazole rings is 1. The highest BCUT2D eigenvalue weighted by Crippen LogP contribution is 2.25. The first-order chi connectivity index (χ1) is 12.0. The highest BCUT2D eigenvalue weighted by Gasteiger charge is 2.23. The number of hydrogen-bond acceptors (Lipinski definition) is 3. The molecule has 1 aromatic carbocycles. The fourth-order valence-electron chi connectivity index (χ4n) is 2.73. The van der Waals surface area contributed by atoms with Crippen molar-refractivity contribution in [1.82, 2.24) is 19.4 Å². The number of benzene rings is 1. The summed E-state index contributed by atoms with van der Waals surface area (Å²) < 4.78 is 9.84. The summed E-state index contributed by atoms with van der Waals surface area (Å²) in [5.74, 6) is 1.30. The Morgan fingerprint density at radius 2 is 2.08 bits per heavy atom. The number of amides is 1. The van der Waals surface area contributed by atoms with Gasteiger partial charge < -0.3 is 19.2 Å². The summed E-state index contributed by atoms with van der Waals surface area (Å²) in [6.45, 7) is 0. The maximum absolute atomic E-state index is 12.8. The minimum absolute atomic E-state index is 0.177. The summed E-state index contributed by atoms with van der Waals surface area (Å²) in [7, 11) is 5.36. The van der Waals surface area contributed by atoms with E-state index in [0.29, 0.717) is 5.69 Å². The highest BCUT2D eigenvalue weighted by molar-refractivity contribution is 9.10. The van der Waals surface area contributed by atoms with Crippen molar-refractivity contribution in [3.05, 3.63) is 70.5 Å². The van der Waals surface area contributed by atoms with E-state index in [-0.39, 0.29) is 5.91 Å². The zero-order valence-corrected chi connectivity index (χ0v) is 15.8. The summed E-state index contributed by atoms with van der Waals surface area (Å²) in [4.78, 5) is 17.2.